The summed E-state index contributed by atoms with van der Waals surface area (Å²) < 4.78 is 34.1. The van der Waals surface area contributed by atoms with Gasteiger partial charge in [-0.25, -0.2) is 9.59 Å². The highest BCUT2D eigenvalue weighted by Crippen LogP contribution is 2.53. The SMILES string of the molecule is O=C1OCCOCCOCCSSCCOCCOCCOC(=O)c2cccc3c(O)c(sc23)-c2sc3c1cccc3c2O. The van der Waals surface area contributed by atoms with E-state index in [2.05, 4.69) is 0 Å². The van der Waals surface area contributed by atoms with Crippen molar-refractivity contribution in [3.63, 3.8) is 0 Å². The highest BCUT2D eigenvalue weighted by molar-refractivity contribution is 8.76. The van der Waals surface area contributed by atoms with E-state index in [1.807, 2.05) is 0 Å². The largest absolute Gasteiger partial charge is 0.506 e. The van der Waals surface area contributed by atoms with Crippen LogP contribution in [0.1, 0.15) is 20.7 Å². The predicted octanol–water partition coefficient (Wildman–Crippen LogP) is 5.97. The van der Waals surface area contributed by atoms with Gasteiger partial charge in [0, 0.05) is 22.3 Å². The second-order valence-electron chi connectivity index (χ2n) is 9.29. The number of cyclic esters (lactones) is 2. The molecule has 5 rings (SSSR count). The third kappa shape index (κ3) is 8.17. The standard InChI is InChI=1S/C30H32O10S4/c31-23-19-3-1-5-21-25(19)43-27(23)28-24(32)20-4-2-6-22(26(20)44-28)30(34)40-14-12-36-8-10-38-16-18-42-41-17-15-37-9-7-35-11-13-39-29(21)33/h1-6,31-32H,7-18H2. The first-order valence-corrected chi connectivity index (χ1v) is 18.1. The first-order chi connectivity index (χ1) is 21.6. The second-order valence-corrected chi connectivity index (χ2v) is 14.0. The Balaban J connectivity index is 1.35. The van der Waals surface area contributed by atoms with Gasteiger partial charge in [-0.15, -0.1) is 22.7 Å². The number of esters is 2. The summed E-state index contributed by atoms with van der Waals surface area (Å²) in [5, 5.41) is 23.2. The first-order valence-electron chi connectivity index (χ1n) is 13.9. The van der Waals surface area contributed by atoms with E-state index >= 15 is 0 Å². The van der Waals surface area contributed by atoms with Gasteiger partial charge in [-0.3, -0.25) is 0 Å². The van der Waals surface area contributed by atoms with Gasteiger partial charge in [0.05, 0.1) is 83.1 Å². The molecular formula is C30H32O10S4. The van der Waals surface area contributed by atoms with Gasteiger partial charge in [0.1, 0.15) is 24.7 Å². The van der Waals surface area contributed by atoms with Crippen LogP contribution < -0.4 is 0 Å². The molecule has 0 unspecified atom stereocenters. The highest BCUT2D eigenvalue weighted by Gasteiger charge is 2.25. The lowest BCUT2D eigenvalue weighted by molar-refractivity contribution is 0.0164. The summed E-state index contributed by atoms with van der Waals surface area (Å²) in [5.41, 5.74) is 0.595. The molecule has 3 heterocycles. The number of hydrogen-bond donors (Lipinski definition) is 2. The fraction of sp³-hybridized carbons (Fsp3) is 0.400. The van der Waals surface area contributed by atoms with E-state index in [4.69, 9.17) is 28.4 Å². The molecule has 2 aromatic carbocycles. The zero-order valence-electron chi connectivity index (χ0n) is 23.7. The number of thiophene rings is 2. The molecule has 0 saturated carbocycles. The lowest BCUT2D eigenvalue weighted by atomic mass is 10.1. The minimum atomic E-state index is -0.544. The summed E-state index contributed by atoms with van der Waals surface area (Å²) in [7, 11) is 3.43. The Morgan fingerprint density at radius 1 is 0.523 bits per heavy atom. The average molecular weight is 681 g/mol. The molecule has 0 aliphatic carbocycles. The maximum absolute atomic E-state index is 13.0. The summed E-state index contributed by atoms with van der Waals surface area (Å²) in [6.07, 6.45) is 0. The van der Waals surface area contributed by atoms with Crippen LogP contribution in [-0.2, 0) is 28.4 Å². The van der Waals surface area contributed by atoms with Crippen LogP contribution in [-0.4, -0.2) is 99.7 Å². The van der Waals surface area contributed by atoms with Crippen LogP contribution in [0.15, 0.2) is 36.4 Å². The van der Waals surface area contributed by atoms with E-state index in [9.17, 15) is 19.8 Å². The zero-order chi connectivity index (χ0) is 30.7. The van der Waals surface area contributed by atoms with Gasteiger partial charge in [0.15, 0.2) is 0 Å². The van der Waals surface area contributed by atoms with Crippen LogP contribution in [0.4, 0.5) is 0 Å². The van der Waals surface area contributed by atoms with E-state index in [-0.39, 0.29) is 37.9 Å². The van der Waals surface area contributed by atoms with E-state index in [1.54, 1.807) is 58.0 Å². The number of carbonyl (C=O) groups excluding carboxylic acids is 2. The molecule has 0 radical (unpaired) electrons. The van der Waals surface area contributed by atoms with Gasteiger partial charge in [0.2, 0.25) is 0 Å². The van der Waals surface area contributed by atoms with Gasteiger partial charge in [-0.05, 0) is 24.3 Å². The first kappa shape index (κ1) is 32.8. The number of rotatable bonds is 0. The van der Waals surface area contributed by atoms with Crippen molar-refractivity contribution in [2.45, 2.75) is 0 Å². The van der Waals surface area contributed by atoms with Gasteiger partial charge >= 0.3 is 11.9 Å². The van der Waals surface area contributed by atoms with E-state index < -0.39 is 11.9 Å². The average Bonchev–Trinajstić information content (AvgIpc) is 3.55. The molecule has 14 heteroatoms. The molecule has 1 aliphatic rings. The van der Waals surface area contributed by atoms with E-state index in [0.717, 1.165) is 11.5 Å². The van der Waals surface area contributed by atoms with Crippen LogP contribution in [0.5, 0.6) is 11.5 Å². The van der Waals surface area contributed by atoms with Gasteiger partial charge in [-0.2, -0.15) is 0 Å². The van der Waals surface area contributed by atoms with Crippen molar-refractivity contribution in [1.29, 1.82) is 0 Å². The minimum absolute atomic E-state index is 0.0656. The van der Waals surface area contributed by atoms with Crippen molar-refractivity contribution < 1.29 is 48.2 Å². The minimum Gasteiger partial charge on any atom is -0.506 e. The van der Waals surface area contributed by atoms with Crippen molar-refractivity contribution in [2.24, 2.45) is 0 Å². The molecule has 2 aromatic heterocycles. The van der Waals surface area contributed by atoms with Crippen molar-refractivity contribution in [2.75, 3.05) is 77.6 Å². The lowest BCUT2D eigenvalue weighted by Gasteiger charge is -2.08. The van der Waals surface area contributed by atoms with Crippen molar-refractivity contribution in [1.82, 2.24) is 0 Å². The van der Waals surface area contributed by atoms with Gasteiger partial charge in [0.25, 0.3) is 0 Å². The highest BCUT2D eigenvalue weighted by atomic mass is 33.1. The molecule has 44 heavy (non-hydrogen) atoms. The molecule has 1 aliphatic heterocycles. The third-order valence-electron chi connectivity index (χ3n) is 6.40. The lowest BCUT2D eigenvalue weighted by Crippen LogP contribution is -2.13. The fourth-order valence-corrected chi connectivity index (χ4v) is 8.58. The Kier molecular flexibility index (Phi) is 12.4. The molecule has 0 saturated heterocycles. The molecule has 0 fully saturated rings. The number of carbonyl (C=O) groups is 2. The zero-order valence-corrected chi connectivity index (χ0v) is 27.0. The normalized spacial score (nSPS) is 17.9. The summed E-state index contributed by atoms with van der Waals surface area (Å²) in [6, 6.07) is 10.0. The van der Waals surface area contributed by atoms with Crippen molar-refractivity contribution >= 4 is 76.4 Å². The molecule has 10 nitrogen and oxygen atoms in total. The van der Waals surface area contributed by atoms with E-state index in [0.29, 0.717) is 80.7 Å². The van der Waals surface area contributed by atoms with Gasteiger partial charge in [-0.1, -0.05) is 33.7 Å². The maximum Gasteiger partial charge on any atom is 0.339 e. The molecule has 4 aromatic rings. The summed E-state index contributed by atoms with van der Waals surface area (Å²) >= 11 is 2.33. The van der Waals surface area contributed by atoms with Crippen molar-refractivity contribution in [3.05, 3.63) is 47.5 Å². The molecule has 0 spiro atoms. The number of benzene rings is 2. The fourth-order valence-electron chi connectivity index (χ4n) is 4.33. The number of ether oxygens (including phenoxy) is 6. The van der Waals surface area contributed by atoms with Crippen molar-refractivity contribution in [3.8, 4) is 21.3 Å². The Morgan fingerprint density at radius 2 is 0.909 bits per heavy atom. The number of hydrogen-bond acceptors (Lipinski definition) is 14. The molecule has 4 bridgehead atoms. The maximum atomic E-state index is 13.0. The number of fused-ring (bicyclic) bond motifs is 3. The Hall–Kier alpha value is -2.56. The van der Waals surface area contributed by atoms with Crippen LogP contribution in [0.3, 0.4) is 0 Å². The van der Waals surface area contributed by atoms with Crippen LogP contribution in [0, 0.1) is 0 Å². The molecule has 2 N–H and O–H groups in total. The second kappa shape index (κ2) is 16.7. The smallest absolute Gasteiger partial charge is 0.339 e. The molecular weight excluding hydrogens is 649 g/mol. The summed E-state index contributed by atoms with van der Waals surface area (Å²) in [4.78, 5) is 26.7. The van der Waals surface area contributed by atoms with Gasteiger partial charge < -0.3 is 38.6 Å². The Bertz CT molecular complexity index is 1450. The van der Waals surface area contributed by atoms with Crippen LogP contribution >= 0.6 is 44.3 Å². The molecule has 236 valence electrons. The molecule has 0 atom stereocenters. The van der Waals surface area contributed by atoms with Crippen LogP contribution in [0.25, 0.3) is 29.9 Å². The predicted molar refractivity (Wildman–Crippen MR) is 175 cm³/mol. The number of aromatic hydroxyl groups is 2. The quantitative estimate of drug-likeness (QED) is 0.168. The molecule has 0 amide bonds. The summed E-state index contributed by atoms with van der Waals surface area (Å²) in [6.45, 7) is 3.47. The van der Waals surface area contributed by atoms with Crippen LogP contribution in [0.2, 0.25) is 0 Å². The van der Waals surface area contributed by atoms with E-state index in [1.165, 1.54) is 22.7 Å². The third-order valence-corrected chi connectivity index (χ3v) is 11.3. The topological polar surface area (TPSA) is 130 Å². The Morgan fingerprint density at radius 3 is 1.34 bits per heavy atom. The summed E-state index contributed by atoms with van der Waals surface area (Å²) in [5.74, 6) is 0.466. The monoisotopic (exact) mass is 680 g/mol. The Labute approximate surface area is 269 Å².